The van der Waals surface area contributed by atoms with E-state index in [1.54, 1.807) is 74.7 Å². The van der Waals surface area contributed by atoms with Gasteiger partial charge in [-0.1, -0.05) is 30.3 Å². The maximum Gasteiger partial charge on any atom is 0.264 e. The Morgan fingerprint density at radius 2 is 1.63 bits per heavy atom. The molecule has 1 N–H and O–H groups in total. The standard InChI is InChI=1S/C28H33N3O6S/c1-5-37-24-14-16-26(17-15-24)38(34,35)31(23-11-7-6-8-12-23)20-27(32)30(21(2)28(33)29-3)19-22-10-9-13-25(18-22)36-4/h6-18,21H,5,19-20H2,1-4H3,(H,29,33)/t21-/m0/s1. The third-order valence-electron chi connectivity index (χ3n) is 5.95. The number of carbonyl (C=O) groups excluding carboxylic acids is 2. The lowest BCUT2D eigenvalue weighted by Gasteiger charge is -2.31. The smallest absolute Gasteiger partial charge is 0.264 e. The molecular weight excluding hydrogens is 506 g/mol. The van der Waals surface area contributed by atoms with Crippen LogP contribution in [0, 0.1) is 0 Å². The number of benzene rings is 3. The van der Waals surface area contributed by atoms with Crippen LogP contribution in [0.25, 0.3) is 0 Å². The largest absolute Gasteiger partial charge is 0.497 e. The summed E-state index contributed by atoms with van der Waals surface area (Å²) in [4.78, 5) is 27.7. The first-order valence-electron chi connectivity index (χ1n) is 12.2. The van der Waals surface area contributed by atoms with Crippen LogP contribution in [-0.4, -0.2) is 58.5 Å². The molecule has 0 saturated heterocycles. The monoisotopic (exact) mass is 539 g/mol. The van der Waals surface area contributed by atoms with Crippen molar-refractivity contribution in [1.29, 1.82) is 0 Å². The van der Waals surface area contributed by atoms with Gasteiger partial charge >= 0.3 is 0 Å². The molecule has 0 aliphatic heterocycles. The van der Waals surface area contributed by atoms with Gasteiger partial charge in [-0.05, 0) is 67.9 Å². The second-order valence-electron chi connectivity index (χ2n) is 8.42. The molecule has 0 aliphatic rings. The molecule has 0 radical (unpaired) electrons. The fraction of sp³-hybridized carbons (Fsp3) is 0.286. The fourth-order valence-corrected chi connectivity index (χ4v) is 5.30. The van der Waals surface area contributed by atoms with Crippen LogP contribution < -0.4 is 19.1 Å². The van der Waals surface area contributed by atoms with Gasteiger partial charge in [0.15, 0.2) is 0 Å². The van der Waals surface area contributed by atoms with Crippen molar-refractivity contribution in [3.63, 3.8) is 0 Å². The minimum absolute atomic E-state index is 0.0105. The minimum atomic E-state index is -4.14. The molecule has 9 nitrogen and oxygen atoms in total. The second kappa shape index (κ2) is 13.0. The summed E-state index contributed by atoms with van der Waals surface area (Å²) in [6, 6.07) is 20.7. The molecule has 38 heavy (non-hydrogen) atoms. The Bertz CT molecular complexity index is 1330. The minimum Gasteiger partial charge on any atom is -0.497 e. The molecule has 0 saturated carbocycles. The number of para-hydroxylation sites is 1. The van der Waals surface area contributed by atoms with Gasteiger partial charge in [0.05, 0.1) is 24.3 Å². The number of methoxy groups -OCH3 is 1. The van der Waals surface area contributed by atoms with E-state index in [1.807, 2.05) is 13.0 Å². The van der Waals surface area contributed by atoms with Crippen LogP contribution in [0.3, 0.4) is 0 Å². The van der Waals surface area contributed by atoms with Gasteiger partial charge in [0.1, 0.15) is 24.1 Å². The first-order chi connectivity index (χ1) is 18.2. The van der Waals surface area contributed by atoms with Crippen molar-refractivity contribution < 1.29 is 27.5 Å². The Morgan fingerprint density at radius 1 is 0.947 bits per heavy atom. The fourth-order valence-electron chi connectivity index (χ4n) is 3.88. The highest BCUT2D eigenvalue weighted by Crippen LogP contribution is 2.26. The summed E-state index contributed by atoms with van der Waals surface area (Å²) in [5.41, 5.74) is 1.05. The Kier molecular flexibility index (Phi) is 9.72. The van der Waals surface area contributed by atoms with Crippen LogP contribution in [0.1, 0.15) is 19.4 Å². The van der Waals surface area contributed by atoms with E-state index in [0.717, 1.165) is 9.87 Å². The Hall–Kier alpha value is -4.05. The van der Waals surface area contributed by atoms with Gasteiger partial charge in [0.2, 0.25) is 11.8 Å². The van der Waals surface area contributed by atoms with Crippen molar-refractivity contribution >= 4 is 27.5 Å². The van der Waals surface area contributed by atoms with Gasteiger partial charge in [-0.15, -0.1) is 0 Å². The van der Waals surface area contributed by atoms with Crippen LogP contribution in [-0.2, 0) is 26.2 Å². The molecule has 0 heterocycles. The van der Waals surface area contributed by atoms with Crippen molar-refractivity contribution in [3.05, 3.63) is 84.4 Å². The summed E-state index contributed by atoms with van der Waals surface area (Å²) in [6.45, 7) is 3.46. The molecule has 1 atom stereocenters. The van der Waals surface area contributed by atoms with E-state index in [0.29, 0.717) is 23.8 Å². The highest BCUT2D eigenvalue weighted by Gasteiger charge is 2.32. The molecule has 3 aromatic carbocycles. The summed E-state index contributed by atoms with van der Waals surface area (Å²) >= 11 is 0. The number of ether oxygens (including phenoxy) is 2. The number of hydrogen-bond donors (Lipinski definition) is 1. The number of amides is 2. The predicted molar refractivity (Wildman–Crippen MR) is 146 cm³/mol. The molecular formula is C28H33N3O6S. The van der Waals surface area contributed by atoms with E-state index in [2.05, 4.69) is 5.32 Å². The molecule has 0 aromatic heterocycles. The number of carbonyl (C=O) groups is 2. The van der Waals surface area contributed by atoms with Gasteiger partial charge in [-0.3, -0.25) is 13.9 Å². The topological polar surface area (TPSA) is 105 Å². The van der Waals surface area contributed by atoms with Gasteiger partial charge in [0, 0.05) is 13.6 Å². The third-order valence-corrected chi connectivity index (χ3v) is 7.73. The van der Waals surface area contributed by atoms with Crippen molar-refractivity contribution in [2.45, 2.75) is 31.3 Å². The number of sulfonamides is 1. The molecule has 2 amide bonds. The number of nitrogens with zero attached hydrogens (tertiary/aromatic N) is 2. The number of rotatable bonds is 12. The zero-order valence-electron chi connectivity index (χ0n) is 22.0. The van der Waals surface area contributed by atoms with E-state index < -0.39 is 28.5 Å². The van der Waals surface area contributed by atoms with E-state index in [9.17, 15) is 18.0 Å². The van der Waals surface area contributed by atoms with Crippen LogP contribution in [0.4, 0.5) is 5.69 Å². The number of nitrogens with one attached hydrogen (secondary N) is 1. The molecule has 0 bridgehead atoms. The zero-order chi connectivity index (χ0) is 27.7. The van der Waals surface area contributed by atoms with E-state index in [-0.39, 0.29) is 17.3 Å². The lowest BCUT2D eigenvalue weighted by Crippen LogP contribution is -2.50. The summed E-state index contributed by atoms with van der Waals surface area (Å²) in [5.74, 6) is 0.230. The van der Waals surface area contributed by atoms with Gasteiger partial charge in [-0.25, -0.2) is 8.42 Å². The number of hydrogen-bond acceptors (Lipinski definition) is 6. The lowest BCUT2D eigenvalue weighted by molar-refractivity contribution is -0.139. The molecule has 202 valence electrons. The summed E-state index contributed by atoms with van der Waals surface area (Å²) in [5, 5.41) is 2.56. The molecule has 10 heteroatoms. The van der Waals surface area contributed by atoms with Crippen molar-refractivity contribution in [3.8, 4) is 11.5 Å². The van der Waals surface area contributed by atoms with Crippen molar-refractivity contribution in [1.82, 2.24) is 10.2 Å². The SMILES string of the molecule is CCOc1ccc(S(=O)(=O)N(CC(=O)N(Cc2cccc(OC)c2)[C@@H](C)C(=O)NC)c2ccccc2)cc1. The van der Waals surface area contributed by atoms with Gasteiger partial charge in [0.25, 0.3) is 10.0 Å². The number of anilines is 1. The molecule has 3 aromatic rings. The van der Waals surface area contributed by atoms with Gasteiger partial charge < -0.3 is 19.7 Å². The van der Waals surface area contributed by atoms with Crippen LogP contribution >= 0.6 is 0 Å². The summed E-state index contributed by atoms with van der Waals surface area (Å²) in [7, 11) is -1.11. The van der Waals surface area contributed by atoms with Crippen LogP contribution in [0.2, 0.25) is 0 Å². The average molecular weight is 540 g/mol. The molecule has 0 aliphatic carbocycles. The normalized spacial score (nSPS) is 11.8. The highest BCUT2D eigenvalue weighted by molar-refractivity contribution is 7.92. The van der Waals surface area contributed by atoms with E-state index in [4.69, 9.17) is 9.47 Å². The Balaban J connectivity index is 1.99. The van der Waals surface area contributed by atoms with Gasteiger partial charge in [-0.2, -0.15) is 0 Å². The zero-order valence-corrected chi connectivity index (χ0v) is 22.8. The quantitative estimate of drug-likeness (QED) is 0.378. The average Bonchev–Trinajstić information content (AvgIpc) is 2.94. The third kappa shape index (κ3) is 6.83. The summed E-state index contributed by atoms with van der Waals surface area (Å²) in [6.07, 6.45) is 0. The number of likely N-dealkylation sites (N-methyl/N-ethyl adjacent to an activating group) is 1. The highest BCUT2D eigenvalue weighted by atomic mass is 32.2. The first-order valence-corrected chi connectivity index (χ1v) is 13.6. The molecule has 3 rings (SSSR count). The Labute approximate surface area is 224 Å². The maximum atomic E-state index is 13.8. The van der Waals surface area contributed by atoms with E-state index in [1.165, 1.54) is 24.1 Å². The first kappa shape index (κ1) is 28.5. The maximum absolute atomic E-state index is 13.8. The predicted octanol–water partition coefficient (Wildman–Crippen LogP) is 3.45. The summed E-state index contributed by atoms with van der Waals surface area (Å²) < 4.78 is 39.3. The molecule has 0 unspecified atom stereocenters. The van der Waals surface area contributed by atoms with Crippen LogP contribution in [0.5, 0.6) is 11.5 Å². The van der Waals surface area contributed by atoms with Crippen molar-refractivity contribution in [2.24, 2.45) is 0 Å². The Morgan fingerprint density at radius 3 is 2.24 bits per heavy atom. The second-order valence-corrected chi connectivity index (χ2v) is 10.3. The van der Waals surface area contributed by atoms with Crippen molar-refractivity contribution in [2.75, 3.05) is 31.6 Å². The lowest BCUT2D eigenvalue weighted by atomic mass is 10.1. The molecule has 0 fully saturated rings. The molecule has 0 spiro atoms. The van der Waals surface area contributed by atoms with Crippen LogP contribution in [0.15, 0.2) is 83.8 Å². The van der Waals surface area contributed by atoms with E-state index >= 15 is 0 Å².